The molecule has 2 aliphatic rings. The summed E-state index contributed by atoms with van der Waals surface area (Å²) < 4.78 is 5.87. The minimum atomic E-state index is -0.999. The number of hydrogen-bond donors (Lipinski definition) is 7. The van der Waals surface area contributed by atoms with Crippen LogP contribution in [0.4, 0.5) is 5.95 Å². The molecule has 1 atom stereocenters. The number of unbranched alkanes of at least 4 members (excludes halogenated alkanes) is 2. The average Bonchev–Trinajstić information content (AvgIpc) is 3.67. The molecule has 6 amide bonds. The number of benzene rings is 2. The summed E-state index contributed by atoms with van der Waals surface area (Å²) >= 11 is 1.24. The number of carboxylic acid groups (broad SMARTS) is 2. The minimum Gasteiger partial charge on any atom is -0.480 e. The summed E-state index contributed by atoms with van der Waals surface area (Å²) in [5.74, 6) is -3.09. The number of thioether (sulfide) groups is 1. The number of likely N-dealkylation sites (tertiary alicyclic amines) is 1. The normalized spacial score (nSPS) is 15.7. The fourth-order valence-corrected chi connectivity index (χ4v) is 9.14. The van der Waals surface area contributed by atoms with Gasteiger partial charge in [0.2, 0.25) is 41.4 Å². The molecule has 3 heterocycles. The van der Waals surface area contributed by atoms with Gasteiger partial charge in [-0.1, -0.05) is 48.5 Å². The molecule has 0 spiro atoms. The molecule has 0 bridgehead atoms. The Morgan fingerprint density at radius 3 is 1.89 bits per heavy atom. The first-order valence-corrected chi connectivity index (χ1v) is 25.6. The van der Waals surface area contributed by atoms with E-state index in [4.69, 9.17) is 4.74 Å². The first-order chi connectivity index (χ1) is 35.2. The predicted molar refractivity (Wildman–Crippen MR) is 271 cm³/mol. The fraction of sp³-hybridized carbons (Fsp3) is 0.531. The van der Waals surface area contributed by atoms with Gasteiger partial charge in [-0.05, 0) is 48.4 Å². The number of anilines is 1. The van der Waals surface area contributed by atoms with Crippen molar-refractivity contribution in [2.45, 2.75) is 63.7 Å². The molecule has 1 aromatic heterocycles. The van der Waals surface area contributed by atoms with E-state index in [9.17, 15) is 48.6 Å². The second-order valence-corrected chi connectivity index (χ2v) is 18.8. The van der Waals surface area contributed by atoms with Crippen LogP contribution in [-0.4, -0.2) is 201 Å². The average molecular weight is 1030 g/mol. The second-order valence-electron chi connectivity index (χ2n) is 17.5. The number of nitrogens with one attached hydrogen (secondary N) is 5. The maximum atomic E-state index is 13.0. The van der Waals surface area contributed by atoms with E-state index in [1.54, 1.807) is 9.80 Å². The van der Waals surface area contributed by atoms with Crippen LogP contribution in [-0.2, 0) is 45.0 Å². The molecular formula is C49H68N12O11S. The summed E-state index contributed by atoms with van der Waals surface area (Å²) in [5, 5.41) is 32.1. The van der Waals surface area contributed by atoms with Gasteiger partial charge in [-0.25, -0.2) is 4.98 Å². The number of nitrogens with zero attached hydrogens (tertiary/aromatic N) is 7. The zero-order chi connectivity index (χ0) is 52.4. The molecule has 23 nitrogen and oxygen atoms in total. The van der Waals surface area contributed by atoms with E-state index in [-0.39, 0.29) is 113 Å². The lowest BCUT2D eigenvalue weighted by Gasteiger charge is -2.24. The summed E-state index contributed by atoms with van der Waals surface area (Å²) in [5.41, 5.74) is 4.37. The molecule has 2 saturated heterocycles. The maximum absolute atomic E-state index is 13.0. The van der Waals surface area contributed by atoms with E-state index in [2.05, 4.69) is 66.7 Å². The number of aromatic nitrogens is 3. The molecule has 0 saturated carbocycles. The molecule has 2 aromatic carbocycles. The highest BCUT2D eigenvalue weighted by molar-refractivity contribution is 8.00. The lowest BCUT2D eigenvalue weighted by atomic mass is 9.97. The zero-order valence-corrected chi connectivity index (χ0v) is 42.2. The van der Waals surface area contributed by atoms with Gasteiger partial charge in [0.05, 0.1) is 24.9 Å². The molecule has 2 aliphatic heterocycles. The Labute approximate surface area is 429 Å². The third kappa shape index (κ3) is 21.1. The smallest absolute Gasteiger partial charge is 0.321 e. The summed E-state index contributed by atoms with van der Waals surface area (Å²) in [7, 11) is 0. The fourth-order valence-electron chi connectivity index (χ4n) is 8.02. The Balaban J connectivity index is 0.843. The molecule has 3 aromatic rings. The van der Waals surface area contributed by atoms with Gasteiger partial charge in [0.25, 0.3) is 0 Å². The Morgan fingerprint density at radius 1 is 0.671 bits per heavy atom. The summed E-state index contributed by atoms with van der Waals surface area (Å²) in [6.45, 7) is 5.79. The molecule has 396 valence electrons. The topological polar surface area (TPSA) is 298 Å². The van der Waals surface area contributed by atoms with Crippen molar-refractivity contribution >= 4 is 65.1 Å². The third-order valence-corrected chi connectivity index (χ3v) is 13.2. The molecule has 5 rings (SSSR count). The number of carbonyl (C=O) groups is 8. The van der Waals surface area contributed by atoms with Crippen LogP contribution in [0.15, 0.2) is 54.9 Å². The standard InChI is InChI=1S/C49H68N12O11S/c1-35-37(11-8-12-38(35)36-9-4-2-5-10-36)33-72-49-56-34-55-48(57-49)54-19-18-52-41(63)14-13-40(62)50-16-6-3-7-17-51-42(64)15-28-73-39-29-44(66)61(47(39)71)21-20-53-43(65)30-58-22-24-59(31-45(67)68)26-27-60(25-23-58)32-46(69)70/h2,4-5,8-12,34,39H,3,6-7,13-33H2,1H3,(H,50,62)(H,51,64)(H,52,63)(H,53,65)(H,67,68)(H,69,70)(H,54,55,56,57). The maximum Gasteiger partial charge on any atom is 0.321 e. The van der Waals surface area contributed by atoms with Crippen LogP contribution in [0.25, 0.3) is 11.1 Å². The summed E-state index contributed by atoms with van der Waals surface area (Å²) in [6, 6.07) is 16.4. The van der Waals surface area contributed by atoms with Crippen LogP contribution in [0.3, 0.4) is 0 Å². The molecule has 0 radical (unpaired) electrons. The molecule has 2 fully saturated rings. The molecule has 73 heavy (non-hydrogen) atoms. The van der Waals surface area contributed by atoms with Gasteiger partial charge < -0.3 is 41.5 Å². The minimum absolute atomic E-state index is 0.00331. The number of imide groups is 1. The highest BCUT2D eigenvalue weighted by Gasteiger charge is 2.38. The van der Waals surface area contributed by atoms with Gasteiger partial charge in [0.15, 0.2) is 0 Å². The van der Waals surface area contributed by atoms with Crippen LogP contribution in [0.2, 0.25) is 0 Å². The molecule has 7 N–H and O–H groups in total. The van der Waals surface area contributed by atoms with E-state index in [0.717, 1.165) is 33.6 Å². The number of ether oxygens (including phenoxy) is 1. The lowest BCUT2D eigenvalue weighted by Crippen LogP contribution is -2.45. The zero-order valence-electron chi connectivity index (χ0n) is 41.4. The van der Waals surface area contributed by atoms with E-state index in [1.165, 1.54) is 18.1 Å². The summed E-state index contributed by atoms with van der Waals surface area (Å²) in [4.78, 5) is 117. The van der Waals surface area contributed by atoms with Gasteiger partial charge in [-0.15, -0.1) is 11.8 Å². The number of carbonyl (C=O) groups excluding carboxylic acids is 6. The first-order valence-electron chi connectivity index (χ1n) is 24.6. The third-order valence-electron chi connectivity index (χ3n) is 12.0. The van der Waals surface area contributed by atoms with Crippen molar-refractivity contribution in [1.29, 1.82) is 0 Å². The number of aliphatic carboxylic acids is 2. The van der Waals surface area contributed by atoms with Crippen LogP contribution in [0, 0.1) is 6.92 Å². The van der Waals surface area contributed by atoms with Crippen molar-refractivity contribution in [2.24, 2.45) is 0 Å². The quantitative estimate of drug-likeness (QED) is 0.0355. The number of carboxylic acids is 2. The van der Waals surface area contributed by atoms with Crippen LogP contribution in [0.1, 0.15) is 56.1 Å². The number of rotatable bonds is 30. The Hall–Kier alpha value is -6.76. The Kier molecular flexibility index (Phi) is 24.2. The molecular weight excluding hydrogens is 965 g/mol. The van der Waals surface area contributed by atoms with E-state index in [0.29, 0.717) is 83.4 Å². The van der Waals surface area contributed by atoms with Crippen LogP contribution < -0.4 is 31.3 Å². The number of hydrogen-bond acceptors (Lipinski definition) is 17. The van der Waals surface area contributed by atoms with Gasteiger partial charge >= 0.3 is 17.9 Å². The van der Waals surface area contributed by atoms with Crippen molar-refractivity contribution in [3.63, 3.8) is 0 Å². The van der Waals surface area contributed by atoms with Gasteiger partial charge in [0.1, 0.15) is 12.9 Å². The highest BCUT2D eigenvalue weighted by Crippen LogP contribution is 2.27. The van der Waals surface area contributed by atoms with Crippen molar-refractivity contribution in [1.82, 2.24) is 55.8 Å². The van der Waals surface area contributed by atoms with Gasteiger partial charge in [-0.2, -0.15) is 9.97 Å². The van der Waals surface area contributed by atoms with E-state index < -0.39 is 17.2 Å². The van der Waals surface area contributed by atoms with Crippen LogP contribution >= 0.6 is 11.8 Å². The largest absolute Gasteiger partial charge is 0.480 e. The van der Waals surface area contributed by atoms with Crippen molar-refractivity contribution < 1.29 is 53.3 Å². The van der Waals surface area contributed by atoms with E-state index >= 15 is 0 Å². The van der Waals surface area contributed by atoms with Crippen molar-refractivity contribution in [3.8, 4) is 17.1 Å². The lowest BCUT2D eigenvalue weighted by molar-refractivity contribution is -0.140. The Morgan fingerprint density at radius 2 is 1.26 bits per heavy atom. The molecule has 0 aliphatic carbocycles. The monoisotopic (exact) mass is 1030 g/mol. The van der Waals surface area contributed by atoms with Gasteiger partial charge in [0, 0.05) is 110 Å². The predicted octanol–water partition coefficient (Wildman–Crippen LogP) is 0.593. The summed E-state index contributed by atoms with van der Waals surface area (Å²) in [6.07, 6.45) is 3.75. The van der Waals surface area contributed by atoms with Gasteiger partial charge in [-0.3, -0.25) is 58.0 Å². The molecule has 1 unspecified atom stereocenters. The highest BCUT2D eigenvalue weighted by atomic mass is 32.2. The number of amides is 6. The van der Waals surface area contributed by atoms with Crippen molar-refractivity contribution in [2.75, 3.05) is 109 Å². The SMILES string of the molecule is Cc1c(COc2ncnc(NCCNC(=O)CCC(=O)NCCCCCNC(=O)CCSC3CC(=O)N(CCNC(=O)CN4CCN(CC(=O)O)CCN(CC(=O)O)CC4)C3=O)n2)cccc1-c1ccccc1. The first kappa shape index (κ1) is 57.1. The Bertz CT molecular complexity index is 2300. The van der Waals surface area contributed by atoms with Crippen LogP contribution in [0.5, 0.6) is 6.01 Å². The molecule has 24 heteroatoms. The second kappa shape index (κ2) is 31.0. The van der Waals surface area contributed by atoms with Crippen molar-refractivity contribution in [3.05, 3.63) is 66.0 Å². The van der Waals surface area contributed by atoms with E-state index in [1.807, 2.05) is 35.2 Å².